The van der Waals surface area contributed by atoms with Crippen molar-refractivity contribution in [2.75, 3.05) is 13.6 Å². The summed E-state index contributed by atoms with van der Waals surface area (Å²) in [5, 5.41) is 0. The maximum atomic E-state index is 11.8. The van der Waals surface area contributed by atoms with Crippen LogP contribution in [-0.4, -0.2) is 24.4 Å². The van der Waals surface area contributed by atoms with Crippen LogP contribution in [0.25, 0.3) is 0 Å². The van der Waals surface area contributed by atoms with E-state index >= 15 is 0 Å². The van der Waals surface area contributed by atoms with E-state index in [1.807, 2.05) is 7.05 Å². The number of benzene rings is 1. The molecule has 0 bridgehead atoms. The van der Waals surface area contributed by atoms with Crippen LogP contribution in [0.2, 0.25) is 0 Å². The average Bonchev–Trinajstić information content (AvgIpc) is 2.35. The zero-order valence-corrected chi connectivity index (χ0v) is 12.6. The van der Waals surface area contributed by atoms with Gasteiger partial charge in [0.15, 0.2) is 0 Å². The number of carbonyl (C=O) groups excluding carboxylic acids is 1. The van der Waals surface area contributed by atoms with E-state index in [-0.39, 0.29) is 11.3 Å². The Morgan fingerprint density at radius 3 is 2.26 bits per heavy atom. The molecule has 19 heavy (non-hydrogen) atoms. The molecule has 0 unspecified atom stereocenters. The minimum Gasteiger partial charge on any atom is -0.341 e. The third-order valence-electron chi connectivity index (χ3n) is 3.26. The molecule has 0 aliphatic carbocycles. The van der Waals surface area contributed by atoms with Gasteiger partial charge in [0, 0.05) is 20.0 Å². The molecule has 1 rings (SSSR count). The lowest BCUT2D eigenvalue weighted by Gasteiger charge is -2.21. The van der Waals surface area contributed by atoms with Crippen molar-refractivity contribution >= 4 is 5.91 Å². The monoisotopic (exact) mass is 262 g/mol. The number of nitrogens with zero attached hydrogens (tertiary/aromatic N) is 1. The maximum absolute atomic E-state index is 11.8. The maximum Gasteiger partial charge on any atom is 0.222 e. The van der Waals surface area contributed by atoms with Gasteiger partial charge in [-0.05, 0) is 29.5 Å². The van der Waals surface area contributed by atoms with Crippen molar-refractivity contribution in [2.45, 2.75) is 45.6 Å². The fraction of sp³-hybridized carbons (Fsp3) is 0.562. The van der Waals surface area contributed by atoms with E-state index in [1.54, 1.807) is 4.90 Å². The molecule has 1 aromatic carbocycles. The Kier molecular flexibility index (Phi) is 5.55. The first-order chi connectivity index (χ1) is 8.84. The van der Waals surface area contributed by atoms with Crippen LogP contribution in [-0.2, 0) is 16.8 Å². The smallest absolute Gasteiger partial charge is 0.222 e. The number of rotatable bonds is 5. The minimum atomic E-state index is 0.158. The predicted molar refractivity (Wildman–Crippen MR) is 79.9 cm³/mol. The van der Waals surface area contributed by atoms with Gasteiger partial charge in [0.1, 0.15) is 0 Å². The Bertz CT molecular complexity index is 404. The van der Waals surface area contributed by atoms with Crippen LogP contribution in [0.5, 0.6) is 0 Å². The van der Waals surface area contributed by atoms with Gasteiger partial charge in [0.05, 0.1) is 0 Å². The van der Waals surface area contributed by atoms with Crippen molar-refractivity contribution in [1.29, 1.82) is 0 Å². The van der Waals surface area contributed by atoms with Gasteiger partial charge in [-0.3, -0.25) is 4.79 Å². The van der Waals surface area contributed by atoms with Gasteiger partial charge in [-0.2, -0.15) is 0 Å². The molecule has 0 aliphatic rings. The topological polar surface area (TPSA) is 46.3 Å². The molecule has 0 atom stereocenters. The third-order valence-corrected chi connectivity index (χ3v) is 3.26. The Hall–Kier alpha value is -1.35. The lowest BCUT2D eigenvalue weighted by atomic mass is 9.87. The van der Waals surface area contributed by atoms with Crippen LogP contribution in [0.4, 0.5) is 0 Å². The zero-order chi connectivity index (χ0) is 14.5. The molecule has 1 aromatic rings. The summed E-state index contributed by atoms with van der Waals surface area (Å²) in [7, 11) is 1.84. The number of hydrogen-bond acceptors (Lipinski definition) is 2. The van der Waals surface area contributed by atoms with Crippen LogP contribution >= 0.6 is 0 Å². The first-order valence-corrected chi connectivity index (χ1v) is 6.88. The second kappa shape index (κ2) is 6.71. The van der Waals surface area contributed by atoms with E-state index in [9.17, 15) is 4.79 Å². The standard InChI is InChI=1S/C16H26N2O/c1-16(2,3)14-9-7-13(8-10-14)12-18(4)15(19)6-5-11-17/h7-10H,5-6,11-12,17H2,1-4H3. The molecular weight excluding hydrogens is 236 g/mol. The molecule has 0 saturated carbocycles. The van der Waals surface area contributed by atoms with Gasteiger partial charge in [-0.1, -0.05) is 45.0 Å². The molecule has 2 N–H and O–H groups in total. The molecule has 3 heteroatoms. The molecule has 0 fully saturated rings. The summed E-state index contributed by atoms with van der Waals surface area (Å²) >= 11 is 0. The molecule has 0 heterocycles. The first kappa shape index (κ1) is 15.7. The molecule has 1 amide bonds. The Morgan fingerprint density at radius 1 is 1.21 bits per heavy atom. The lowest BCUT2D eigenvalue weighted by molar-refractivity contribution is -0.130. The number of nitrogens with two attached hydrogens (primary N) is 1. The summed E-state index contributed by atoms with van der Waals surface area (Å²) in [5.41, 5.74) is 8.06. The van der Waals surface area contributed by atoms with E-state index in [0.717, 1.165) is 12.0 Å². The van der Waals surface area contributed by atoms with Crippen LogP contribution in [0.3, 0.4) is 0 Å². The largest absolute Gasteiger partial charge is 0.341 e. The summed E-state index contributed by atoms with van der Waals surface area (Å²) in [6.07, 6.45) is 1.29. The normalized spacial score (nSPS) is 11.4. The van der Waals surface area contributed by atoms with Crippen molar-refractivity contribution < 1.29 is 4.79 Å². The Morgan fingerprint density at radius 2 is 1.79 bits per heavy atom. The predicted octanol–water partition coefficient (Wildman–Crippen LogP) is 2.68. The molecule has 0 aromatic heterocycles. The molecular formula is C16H26N2O. The SMILES string of the molecule is CN(Cc1ccc(C(C)(C)C)cc1)C(=O)CCCN. The summed E-state index contributed by atoms with van der Waals surface area (Å²) < 4.78 is 0. The van der Waals surface area contributed by atoms with Gasteiger partial charge < -0.3 is 10.6 Å². The highest BCUT2D eigenvalue weighted by molar-refractivity contribution is 5.75. The highest BCUT2D eigenvalue weighted by atomic mass is 16.2. The van der Waals surface area contributed by atoms with Crippen molar-refractivity contribution in [3.8, 4) is 0 Å². The summed E-state index contributed by atoms with van der Waals surface area (Å²) in [5.74, 6) is 0.158. The zero-order valence-electron chi connectivity index (χ0n) is 12.6. The minimum absolute atomic E-state index is 0.158. The van der Waals surface area contributed by atoms with Crippen LogP contribution < -0.4 is 5.73 Å². The highest BCUT2D eigenvalue weighted by Crippen LogP contribution is 2.22. The number of amides is 1. The van der Waals surface area contributed by atoms with Crippen LogP contribution in [0.1, 0.15) is 44.7 Å². The quantitative estimate of drug-likeness (QED) is 0.886. The van der Waals surface area contributed by atoms with Crippen LogP contribution in [0, 0.1) is 0 Å². The van der Waals surface area contributed by atoms with Gasteiger partial charge in [0.2, 0.25) is 5.91 Å². The summed E-state index contributed by atoms with van der Waals surface area (Å²) in [4.78, 5) is 13.6. The number of hydrogen-bond donors (Lipinski definition) is 1. The summed E-state index contributed by atoms with van der Waals surface area (Å²) in [6, 6.07) is 8.50. The van der Waals surface area contributed by atoms with Crippen molar-refractivity contribution in [3.05, 3.63) is 35.4 Å². The second-order valence-electron chi connectivity index (χ2n) is 6.09. The fourth-order valence-electron chi connectivity index (χ4n) is 1.92. The van der Waals surface area contributed by atoms with E-state index < -0.39 is 0 Å². The Balaban J connectivity index is 2.60. The molecule has 3 nitrogen and oxygen atoms in total. The van der Waals surface area contributed by atoms with Crippen LogP contribution in [0.15, 0.2) is 24.3 Å². The number of carbonyl (C=O) groups is 1. The van der Waals surface area contributed by atoms with Crippen molar-refractivity contribution in [2.24, 2.45) is 5.73 Å². The van der Waals surface area contributed by atoms with Gasteiger partial charge >= 0.3 is 0 Å². The van der Waals surface area contributed by atoms with E-state index in [4.69, 9.17) is 5.73 Å². The molecule has 106 valence electrons. The van der Waals surface area contributed by atoms with E-state index in [2.05, 4.69) is 45.0 Å². The van der Waals surface area contributed by atoms with Gasteiger partial charge in [0.25, 0.3) is 0 Å². The van der Waals surface area contributed by atoms with E-state index in [0.29, 0.717) is 19.5 Å². The highest BCUT2D eigenvalue weighted by Gasteiger charge is 2.13. The fourth-order valence-corrected chi connectivity index (χ4v) is 1.92. The third kappa shape index (κ3) is 5.03. The van der Waals surface area contributed by atoms with Gasteiger partial charge in [-0.15, -0.1) is 0 Å². The molecule has 0 saturated heterocycles. The summed E-state index contributed by atoms with van der Waals surface area (Å²) in [6.45, 7) is 7.83. The lowest BCUT2D eigenvalue weighted by Crippen LogP contribution is -2.26. The second-order valence-corrected chi connectivity index (χ2v) is 6.09. The molecule has 0 aliphatic heterocycles. The van der Waals surface area contributed by atoms with Crippen molar-refractivity contribution in [3.63, 3.8) is 0 Å². The van der Waals surface area contributed by atoms with Gasteiger partial charge in [-0.25, -0.2) is 0 Å². The van der Waals surface area contributed by atoms with E-state index in [1.165, 1.54) is 5.56 Å². The molecule has 0 spiro atoms. The molecule has 0 radical (unpaired) electrons. The average molecular weight is 262 g/mol. The van der Waals surface area contributed by atoms with Crippen molar-refractivity contribution in [1.82, 2.24) is 4.90 Å². The first-order valence-electron chi connectivity index (χ1n) is 6.88. The Labute approximate surface area is 116 Å².